The molecule has 2 aliphatic heterocycles. The number of rotatable bonds is 2. The van der Waals surface area contributed by atoms with Crippen molar-refractivity contribution in [2.45, 2.75) is 12.5 Å². The van der Waals surface area contributed by atoms with Gasteiger partial charge in [-0.2, -0.15) is 0 Å². The Bertz CT molecular complexity index is 808. The Morgan fingerprint density at radius 3 is 2.65 bits per heavy atom. The monoisotopic (exact) mass is 311 g/mol. The third kappa shape index (κ3) is 2.15. The maximum absolute atomic E-state index is 12.6. The van der Waals surface area contributed by atoms with Crippen molar-refractivity contribution in [3.63, 3.8) is 0 Å². The Kier molecular flexibility index (Phi) is 3.35. The Morgan fingerprint density at radius 2 is 2.00 bits per heavy atom. The molecule has 2 aliphatic rings. The number of hydrogen-bond donors (Lipinski definition) is 2. The van der Waals surface area contributed by atoms with Crippen LogP contribution >= 0.6 is 0 Å². The molecule has 3 rings (SSSR count). The van der Waals surface area contributed by atoms with Gasteiger partial charge in [-0.25, -0.2) is 0 Å². The molecule has 4 amide bonds. The molecule has 2 unspecified atom stereocenters. The first-order valence-corrected chi connectivity index (χ1v) is 6.91. The van der Waals surface area contributed by atoms with Gasteiger partial charge in [0.2, 0.25) is 5.91 Å². The van der Waals surface area contributed by atoms with Gasteiger partial charge in [-0.15, -0.1) is 5.73 Å². The fraction of sp³-hybridized carbons (Fsp3) is 0.188. The summed E-state index contributed by atoms with van der Waals surface area (Å²) in [4.78, 5) is 49.8. The van der Waals surface area contributed by atoms with Gasteiger partial charge >= 0.3 is 0 Å². The summed E-state index contributed by atoms with van der Waals surface area (Å²) in [5, 5.41) is 2.15. The molecule has 2 heterocycles. The fourth-order valence-electron chi connectivity index (χ4n) is 2.97. The summed E-state index contributed by atoms with van der Waals surface area (Å²) in [5.74, 6) is -3.09. The van der Waals surface area contributed by atoms with E-state index in [2.05, 4.69) is 17.6 Å². The number of imide groups is 2. The minimum atomic E-state index is -1.13. The van der Waals surface area contributed by atoms with Gasteiger partial charge in [-0.1, -0.05) is 12.6 Å². The number of nitrogen functional groups attached to an aromatic ring is 1. The number of amides is 4. The topological polar surface area (TPSA) is 110 Å². The second kappa shape index (κ2) is 5.23. The molecule has 1 aromatic carbocycles. The van der Waals surface area contributed by atoms with Crippen LogP contribution in [-0.2, 0) is 9.59 Å². The van der Waals surface area contributed by atoms with Crippen LogP contribution in [0.15, 0.2) is 36.6 Å². The van der Waals surface area contributed by atoms with E-state index >= 15 is 0 Å². The number of nitrogens with zero attached hydrogens (tertiary/aromatic N) is 1. The van der Waals surface area contributed by atoms with Gasteiger partial charge in [-0.3, -0.25) is 29.4 Å². The van der Waals surface area contributed by atoms with Crippen LogP contribution in [0.3, 0.4) is 0 Å². The van der Waals surface area contributed by atoms with Crippen molar-refractivity contribution in [3.05, 3.63) is 47.7 Å². The molecule has 1 saturated heterocycles. The van der Waals surface area contributed by atoms with Gasteiger partial charge in [0.15, 0.2) is 0 Å². The van der Waals surface area contributed by atoms with Crippen molar-refractivity contribution in [3.8, 4) is 0 Å². The molecule has 0 bridgehead atoms. The summed E-state index contributed by atoms with van der Waals surface area (Å²) in [5.41, 5.74) is 8.71. The number of nitrogens with two attached hydrogens (primary N) is 1. The Labute approximate surface area is 131 Å². The highest BCUT2D eigenvalue weighted by atomic mass is 16.2. The predicted molar refractivity (Wildman–Crippen MR) is 80.1 cm³/mol. The third-order valence-corrected chi connectivity index (χ3v) is 3.95. The van der Waals surface area contributed by atoms with Crippen LogP contribution in [0.25, 0.3) is 0 Å². The van der Waals surface area contributed by atoms with Crippen LogP contribution in [0.5, 0.6) is 0 Å². The van der Waals surface area contributed by atoms with Crippen molar-refractivity contribution in [1.29, 1.82) is 0 Å². The second-order valence-electron chi connectivity index (χ2n) is 5.35. The molecule has 7 nitrogen and oxygen atoms in total. The fourth-order valence-corrected chi connectivity index (χ4v) is 2.97. The molecule has 1 aromatic rings. The lowest BCUT2D eigenvalue weighted by Gasteiger charge is -2.33. The van der Waals surface area contributed by atoms with E-state index in [1.54, 1.807) is 6.07 Å². The van der Waals surface area contributed by atoms with Crippen molar-refractivity contribution in [1.82, 2.24) is 10.2 Å². The lowest BCUT2D eigenvalue weighted by Crippen LogP contribution is -2.58. The number of fused-ring (bicyclic) bond motifs is 1. The van der Waals surface area contributed by atoms with Gasteiger partial charge < -0.3 is 5.73 Å². The molecular formula is C16H13N3O4. The van der Waals surface area contributed by atoms with E-state index in [0.717, 1.165) is 4.90 Å². The lowest BCUT2D eigenvalue weighted by atomic mass is 9.90. The van der Waals surface area contributed by atoms with Gasteiger partial charge in [0.05, 0.1) is 11.1 Å². The largest absolute Gasteiger partial charge is 0.398 e. The van der Waals surface area contributed by atoms with Crippen LogP contribution in [-0.4, -0.2) is 34.6 Å². The maximum atomic E-state index is 12.6. The summed E-state index contributed by atoms with van der Waals surface area (Å²) in [7, 11) is 0. The van der Waals surface area contributed by atoms with E-state index < -0.39 is 35.6 Å². The molecule has 2 atom stereocenters. The smallest absolute Gasteiger partial charge is 0.264 e. The average molecular weight is 311 g/mol. The van der Waals surface area contributed by atoms with E-state index in [-0.39, 0.29) is 23.2 Å². The standard InChI is InChI=1S/C16H13N3O4/c1-2-4-8-7-11(20)18-14(21)13(8)19-15(22)9-5-3-6-10(17)12(9)16(19)23/h3-6,8,13H,1,7,17H2,(H,18,20,21). The summed E-state index contributed by atoms with van der Waals surface area (Å²) < 4.78 is 0. The zero-order valence-corrected chi connectivity index (χ0v) is 12.0. The van der Waals surface area contributed by atoms with Crippen LogP contribution in [0.1, 0.15) is 27.1 Å². The van der Waals surface area contributed by atoms with Crippen LogP contribution < -0.4 is 11.1 Å². The van der Waals surface area contributed by atoms with Crippen molar-refractivity contribution in [2.24, 2.45) is 5.92 Å². The Balaban J connectivity index is 2.07. The summed E-state index contributed by atoms with van der Waals surface area (Å²) in [6.07, 6.45) is 1.38. The number of piperidine rings is 1. The molecular weight excluding hydrogens is 298 g/mol. The van der Waals surface area contributed by atoms with Gasteiger partial charge in [0, 0.05) is 18.0 Å². The van der Waals surface area contributed by atoms with Crippen molar-refractivity contribution in [2.75, 3.05) is 5.73 Å². The number of nitrogens with one attached hydrogen (secondary N) is 1. The van der Waals surface area contributed by atoms with E-state index in [9.17, 15) is 19.2 Å². The predicted octanol–water partition coefficient (Wildman–Crippen LogP) is 0.237. The molecule has 7 heteroatoms. The minimum absolute atomic E-state index is 0.0399. The van der Waals surface area contributed by atoms with Gasteiger partial charge in [0.25, 0.3) is 17.7 Å². The molecule has 3 N–H and O–H groups in total. The Morgan fingerprint density at radius 1 is 1.26 bits per heavy atom. The number of anilines is 1. The van der Waals surface area contributed by atoms with E-state index in [1.807, 2.05) is 0 Å². The summed E-state index contributed by atoms with van der Waals surface area (Å²) >= 11 is 0. The normalized spacial score (nSPS) is 23.4. The van der Waals surface area contributed by atoms with E-state index in [0.29, 0.717) is 0 Å². The summed E-state index contributed by atoms with van der Waals surface area (Å²) in [6, 6.07) is 3.43. The first-order chi connectivity index (χ1) is 11.0. The van der Waals surface area contributed by atoms with E-state index in [4.69, 9.17) is 5.73 Å². The Hall–Kier alpha value is -3.18. The average Bonchev–Trinajstić information content (AvgIpc) is 2.73. The first-order valence-electron chi connectivity index (χ1n) is 6.91. The number of hydrogen-bond acceptors (Lipinski definition) is 5. The second-order valence-corrected chi connectivity index (χ2v) is 5.35. The van der Waals surface area contributed by atoms with Crippen LogP contribution in [0, 0.1) is 5.92 Å². The van der Waals surface area contributed by atoms with Crippen molar-refractivity contribution < 1.29 is 19.2 Å². The van der Waals surface area contributed by atoms with E-state index in [1.165, 1.54) is 18.2 Å². The first kappa shape index (κ1) is 14.7. The van der Waals surface area contributed by atoms with Crippen molar-refractivity contribution >= 4 is 29.3 Å². The lowest BCUT2D eigenvalue weighted by molar-refractivity contribution is -0.138. The number of carbonyl (C=O) groups excluding carboxylic acids is 4. The van der Waals surface area contributed by atoms with Gasteiger partial charge in [0.1, 0.15) is 6.04 Å². The number of carbonyl (C=O) groups is 4. The molecule has 0 saturated carbocycles. The number of benzene rings is 1. The molecule has 0 aliphatic carbocycles. The molecule has 0 spiro atoms. The van der Waals surface area contributed by atoms with Crippen LogP contribution in [0.2, 0.25) is 0 Å². The third-order valence-electron chi connectivity index (χ3n) is 3.95. The zero-order valence-electron chi connectivity index (χ0n) is 12.0. The quantitative estimate of drug-likeness (QED) is 0.462. The SMILES string of the molecule is C=C=CC1CC(=O)NC(=O)C1N1C(=O)c2cccc(N)c2C1=O. The minimum Gasteiger partial charge on any atom is -0.398 e. The molecule has 116 valence electrons. The van der Waals surface area contributed by atoms with Gasteiger partial charge in [-0.05, 0) is 18.2 Å². The molecule has 0 radical (unpaired) electrons. The maximum Gasteiger partial charge on any atom is 0.264 e. The highest BCUT2D eigenvalue weighted by Crippen LogP contribution is 2.32. The highest BCUT2D eigenvalue weighted by Gasteiger charge is 2.48. The summed E-state index contributed by atoms with van der Waals surface area (Å²) in [6.45, 7) is 3.43. The molecule has 1 fully saturated rings. The highest BCUT2D eigenvalue weighted by molar-refractivity contribution is 6.25. The zero-order chi connectivity index (χ0) is 16.7. The molecule has 0 aromatic heterocycles. The van der Waals surface area contributed by atoms with Crippen LogP contribution in [0.4, 0.5) is 5.69 Å². The molecule has 23 heavy (non-hydrogen) atoms.